The molecule has 1 fully saturated rings. The van der Waals surface area contributed by atoms with E-state index in [2.05, 4.69) is 24.5 Å². The molecule has 0 unspecified atom stereocenters. The van der Waals surface area contributed by atoms with Crippen LogP contribution in [0.4, 0.5) is 0 Å². The lowest BCUT2D eigenvalue weighted by Gasteiger charge is -2.26. The molecule has 4 nitrogen and oxygen atoms in total. The molecule has 110 valence electrons. The van der Waals surface area contributed by atoms with Gasteiger partial charge in [0, 0.05) is 23.5 Å². The van der Waals surface area contributed by atoms with Crippen LogP contribution >= 0.6 is 11.6 Å². The van der Waals surface area contributed by atoms with Crippen LogP contribution in [0.5, 0.6) is 0 Å². The summed E-state index contributed by atoms with van der Waals surface area (Å²) in [6.45, 7) is 5.18. The van der Waals surface area contributed by atoms with Gasteiger partial charge < -0.3 is 15.7 Å². The SMILES string of the molecule is CC(C)(CNC(=O)[C@@H]1C[C@@H](O)CN1)c1ccc(Cl)cc1. The summed E-state index contributed by atoms with van der Waals surface area (Å²) in [5.41, 5.74) is 0.957. The highest BCUT2D eigenvalue weighted by Gasteiger charge is 2.29. The van der Waals surface area contributed by atoms with Gasteiger partial charge in [-0.2, -0.15) is 0 Å². The molecule has 1 heterocycles. The highest BCUT2D eigenvalue weighted by molar-refractivity contribution is 6.30. The first-order valence-electron chi connectivity index (χ1n) is 6.84. The zero-order chi connectivity index (χ0) is 14.8. The molecule has 20 heavy (non-hydrogen) atoms. The lowest BCUT2D eigenvalue weighted by Crippen LogP contribution is -2.45. The van der Waals surface area contributed by atoms with Crippen molar-refractivity contribution >= 4 is 17.5 Å². The first-order valence-corrected chi connectivity index (χ1v) is 7.21. The van der Waals surface area contributed by atoms with Crippen molar-refractivity contribution in [1.82, 2.24) is 10.6 Å². The van der Waals surface area contributed by atoms with Gasteiger partial charge in [-0.05, 0) is 24.1 Å². The molecule has 0 aliphatic carbocycles. The molecule has 5 heteroatoms. The zero-order valence-electron chi connectivity index (χ0n) is 11.8. The number of hydrogen-bond acceptors (Lipinski definition) is 3. The van der Waals surface area contributed by atoms with E-state index in [1.165, 1.54) is 0 Å². The zero-order valence-corrected chi connectivity index (χ0v) is 12.6. The van der Waals surface area contributed by atoms with Gasteiger partial charge in [0.2, 0.25) is 5.91 Å². The van der Waals surface area contributed by atoms with Crippen molar-refractivity contribution in [1.29, 1.82) is 0 Å². The van der Waals surface area contributed by atoms with E-state index in [-0.39, 0.29) is 17.4 Å². The number of rotatable bonds is 4. The van der Waals surface area contributed by atoms with Crippen molar-refractivity contribution < 1.29 is 9.90 Å². The van der Waals surface area contributed by atoms with Crippen molar-refractivity contribution in [2.75, 3.05) is 13.1 Å². The minimum atomic E-state index is -0.421. The summed E-state index contributed by atoms with van der Waals surface area (Å²) in [5, 5.41) is 16.1. The molecule has 0 aromatic heterocycles. The lowest BCUT2D eigenvalue weighted by molar-refractivity contribution is -0.123. The van der Waals surface area contributed by atoms with E-state index in [9.17, 15) is 9.90 Å². The highest BCUT2D eigenvalue weighted by atomic mass is 35.5. The molecule has 1 saturated heterocycles. The van der Waals surface area contributed by atoms with Gasteiger partial charge in [-0.1, -0.05) is 37.6 Å². The summed E-state index contributed by atoms with van der Waals surface area (Å²) in [7, 11) is 0. The number of benzene rings is 1. The Morgan fingerprint density at radius 2 is 2.10 bits per heavy atom. The summed E-state index contributed by atoms with van der Waals surface area (Å²) in [6.07, 6.45) is 0.0581. The van der Waals surface area contributed by atoms with E-state index in [0.29, 0.717) is 24.5 Å². The molecule has 0 spiro atoms. The second-order valence-electron chi connectivity index (χ2n) is 5.96. The average Bonchev–Trinajstić information content (AvgIpc) is 2.83. The number of aliphatic hydroxyl groups is 1. The monoisotopic (exact) mass is 296 g/mol. The molecule has 1 aliphatic heterocycles. The smallest absolute Gasteiger partial charge is 0.237 e. The average molecular weight is 297 g/mol. The highest BCUT2D eigenvalue weighted by Crippen LogP contribution is 2.24. The molecule has 0 saturated carbocycles. The molecule has 0 bridgehead atoms. The summed E-state index contributed by atoms with van der Waals surface area (Å²) in [6, 6.07) is 7.38. The normalized spacial score (nSPS) is 22.8. The van der Waals surface area contributed by atoms with Crippen molar-refractivity contribution in [2.24, 2.45) is 0 Å². The third-order valence-corrected chi connectivity index (χ3v) is 4.01. The summed E-state index contributed by atoms with van der Waals surface area (Å²) in [4.78, 5) is 12.0. The second kappa shape index (κ2) is 6.12. The number of nitrogens with one attached hydrogen (secondary N) is 2. The van der Waals surface area contributed by atoms with Crippen molar-refractivity contribution in [3.8, 4) is 0 Å². The van der Waals surface area contributed by atoms with Crippen LogP contribution in [0.3, 0.4) is 0 Å². The molecule has 1 amide bonds. The Bertz CT molecular complexity index is 473. The predicted octanol–water partition coefficient (Wildman–Crippen LogP) is 1.46. The Morgan fingerprint density at radius 1 is 1.45 bits per heavy atom. The number of β-amino-alcohol motifs (C(OH)–C–C–N with tert-alkyl or cyclic N) is 1. The van der Waals surface area contributed by atoms with Gasteiger partial charge in [0.15, 0.2) is 0 Å². The molecule has 1 aromatic rings. The number of halogens is 1. The van der Waals surface area contributed by atoms with Crippen LogP contribution in [0.25, 0.3) is 0 Å². The summed E-state index contributed by atoms with van der Waals surface area (Å²) < 4.78 is 0. The van der Waals surface area contributed by atoms with E-state index in [1.807, 2.05) is 24.3 Å². The molecular formula is C15H21ClN2O2. The number of hydrogen-bond donors (Lipinski definition) is 3. The minimum absolute atomic E-state index is 0.0522. The van der Waals surface area contributed by atoms with Crippen LogP contribution < -0.4 is 10.6 Å². The Labute approximate surface area is 124 Å². The number of aliphatic hydroxyl groups excluding tert-OH is 1. The molecule has 2 atom stereocenters. The van der Waals surface area contributed by atoms with Gasteiger partial charge in [-0.25, -0.2) is 0 Å². The summed E-state index contributed by atoms with van der Waals surface area (Å²) in [5.74, 6) is -0.0522. The molecule has 3 N–H and O–H groups in total. The largest absolute Gasteiger partial charge is 0.392 e. The Balaban J connectivity index is 1.91. The van der Waals surface area contributed by atoms with Gasteiger partial charge >= 0.3 is 0 Å². The van der Waals surface area contributed by atoms with E-state index >= 15 is 0 Å². The first-order chi connectivity index (χ1) is 9.38. The maximum atomic E-state index is 12.0. The van der Waals surface area contributed by atoms with Crippen molar-refractivity contribution in [3.05, 3.63) is 34.9 Å². The van der Waals surface area contributed by atoms with Gasteiger partial charge in [0.1, 0.15) is 0 Å². The van der Waals surface area contributed by atoms with Crippen LogP contribution in [0, 0.1) is 0 Å². The maximum Gasteiger partial charge on any atom is 0.237 e. The van der Waals surface area contributed by atoms with E-state index < -0.39 is 6.10 Å². The first kappa shape index (κ1) is 15.3. The van der Waals surface area contributed by atoms with Gasteiger partial charge in [0.25, 0.3) is 0 Å². The number of amides is 1. The quantitative estimate of drug-likeness (QED) is 0.788. The molecule has 1 aliphatic rings. The topological polar surface area (TPSA) is 61.4 Å². The van der Waals surface area contributed by atoms with Crippen LogP contribution in [0.1, 0.15) is 25.8 Å². The standard InChI is InChI=1S/C15H21ClN2O2/c1-15(2,10-3-5-11(16)6-4-10)9-18-14(20)13-7-12(19)8-17-13/h3-6,12-13,17,19H,7-9H2,1-2H3,(H,18,20)/t12-,13+/m1/s1. The molecule has 1 aromatic carbocycles. The van der Waals surface area contributed by atoms with Crippen LogP contribution in [-0.4, -0.2) is 36.2 Å². The minimum Gasteiger partial charge on any atom is -0.392 e. The third kappa shape index (κ3) is 3.72. The Hall–Kier alpha value is -1.10. The summed E-state index contributed by atoms with van der Waals surface area (Å²) >= 11 is 5.89. The van der Waals surface area contributed by atoms with Gasteiger partial charge in [0.05, 0.1) is 12.1 Å². The van der Waals surface area contributed by atoms with Crippen LogP contribution in [0.2, 0.25) is 5.02 Å². The molecular weight excluding hydrogens is 276 g/mol. The van der Waals surface area contributed by atoms with Crippen molar-refractivity contribution in [3.63, 3.8) is 0 Å². The third-order valence-electron chi connectivity index (χ3n) is 3.75. The Morgan fingerprint density at radius 3 is 2.65 bits per heavy atom. The van der Waals surface area contributed by atoms with Crippen molar-refractivity contribution in [2.45, 2.75) is 37.8 Å². The number of carbonyl (C=O) groups is 1. The van der Waals surface area contributed by atoms with Crippen LogP contribution in [0.15, 0.2) is 24.3 Å². The number of carbonyl (C=O) groups excluding carboxylic acids is 1. The maximum absolute atomic E-state index is 12.0. The van der Waals surface area contributed by atoms with E-state index in [1.54, 1.807) is 0 Å². The fourth-order valence-electron chi connectivity index (χ4n) is 2.35. The van der Waals surface area contributed by atoms with E-state index in [4.69, 9.17) is 11.6 Å². The molecule has 2 rings (SSSR count). The Kier molecular flexibility index (Phi) is 4.68. The van der Waals surface area contributed by atoms with Gasteiger partial charge in [-0.3, -0.25) is 4.79 Å². The second-order valence-corrected chi connectivity index (χ2v) is 6.40. The fraction of sp³-hybridized carbons (Fsp3) is 0.533. The fourth-order valence-corrected chi connectivity index (χ4v) is 2.48. The molecule has 0 radical (unpaired) electrons. The lowest BCUT2D eigenvalue weighted by atomic mass is 9.84. The van der Waals surface area contributed by atoms with Crippen LogP contribution in [-0.2, 0) is 10.2 Å². The van der Waals surface area contributed by atoms with Gasteiger partial charge in [-0.15, -0.1) is 0 Å². The van der Waals surface area contributed by atoms with E-state index in [0.717, 1.165) is 5.56 Å². The predicted molar refractivity (Wildman–Crippen MR) is 79.9 cm³/mol.